The topological polar surface area (TPSA) is 49.3 Å². The molecule has 0 amide bonds. The van der Waals surface area contributed by atoms with Crippen LogP contribution in [0.25, 0.3) is 0 Å². The summed E-state index contributed by atoms with van der Waals surface area (Å²) in [4.78, 5) is 11.7. The van der Waals surface area contributed by atoms with Gasteiger partial charge in [-0.25, -0.2) is 4.79 Å². The molecule has 0 aliphatic heterocycles. The maximum absolute atomic E-state index is 11.7. The molecule has 0 aliphatic carbocycles. The molecule has 3 nitrogen and oxygen atoms in total. The number of carboxylic acid groups (broad SMARTS) is 1. The number of aliphatic carboxylic acids is 1. The van der Waals surface area contributed by atoms with E-state index in [1.165, 1.54) is 0 Å². The number of nitrogens with one attached hydrogen (secondary N) is 1. The lowest BCUT2D eigenvalue weighted by molar-refractivity contribution is -0.142. The zero-order valence-corrected chi connectivity index (χ0v) is 13.1. The number of hydrogen-bond donors (Lipinski definition) is 2. The summed E-state index contributed by atoms with van der Waals surface area (Å²) in [6.07, 6.45) is 0. The van der Waals surface area contributed by atoms with Crippen molar-refractivity contribution in [2.24, 2.45) is 0 Å². The molecular weight excluding hydrogens is 342 g/mol. The molecule has 1 unspecified atom stereocenters. The van der Waals surface area contributed by atoms with Gasteiger partial charge in [-0.15, -0.1) is 0 Å². The molecule has 2 N–H and O–H groups in total. The van der Waals surface area contributed by atoms with Crippen LogP contribution in [-0.2, 0) is 10.3 Å². The van der Waals surface area contributed by atoms with E-state index in [2.05, 4.69) is 21.2 Å². The number of benzene rings is 2. The lowest BCUT2D eigenvalue weighted by Gasteiger charge is -2.28. The van der Waals surface area contributed by atoms with Crippen LogP contribution in [0.3, 0.4) is 0 Å². The molecule has 0 bridgehead atoms. The fraction of sp³-hybridized carbons (Fsp3) is 0.133. The van der Waals surface area contributed by atoms with Gasteiger partial charge in [-0.1, -0.05) is 45.7 Å². The van der Waals surface area contributed by atoms with Crippen LogP contribution in [0, 0.1) is 0 Å². The third-order valence-electron chi connectivity index (χ3n) is 3.07. The van der Waals surface area contributed by atoms with Gasteiger partial charge >= 0.3 is 5.97 Å². The number of halogens is 2. The Balaban J connectivity index is 2.39. The highest BCUT2D eigenvalue weighted by Gasteiger charge is 2.35. The smallest absolute Gasteiger partial charge is 0.333 e. The maximum Gasteiger partial charge on any atom is 0.333 e. The zero-order valence-electron chi connectivity index (χ0n) is 10.7. The first-order chi connectivity index (χ1) is 9.41. The minimum absolute atomic E-state index is 0.573. The third-order valence-corrected chi connectivity index (χ3v) is 3.81. The van der Waals surface area contributed by atoms with Crippen LogP contribution in [0.15, 0.2) is 53.0 Å². The summed E-state index contributed by atoms with van der Waals surface area (Å²) < 4.78 is 0.881. The van der Waals surface area contributed by atoms with Crippen molar-refractivity contribution in [2.75, 3.05) is 5.32 Å². The van der Waals surface area contributed by atoms with Gasteiger partial charge < -0.3 is 10.4 Å². The molecule has 5 heteroatoms. The van der Waals surface area contributed by atoms with Crippen molar-refractivity contribution in [3.05, 3.63) is 63.6 Å². The summed E-state index contributed by atoms with van der Waals surface area (Å²) in [5.74, 6) is -0.959. The van der Waals surface area contributed by atoms with Gasteiger partial charge in [-0.3, -0.25) is 0 Å². The zero-order chi connectivity index (χ0) is 14.8. The Hall–Kier alpha value is -1.52. The van der Waals surface area contributed by atoms with E-state index in [0.29, 0.717) is 10.6 Å². The van der Waals surface area contributed by atoms with Crippen LogP contribution in [0.1, 0.15) is 12.5 Å². The molecule has 2 aromatic carbocycles. The van der Waals surface area contributed by atoms with Crippen molar-refractivity contribution < 1.29 is 9.90 Å². The average molecular weight is 355 g/mol. The normalized spacial score (nSPS) is 13.6. The van der Waals surface area contributed by atoms with Crippen LogP contribution in [0.2, 0.25) is 5.02 Å². The second kappa shape index (κ2) is 5.85. The molecule has 20 heavy (non-hydrogen) atoms. The van der Waals surface area contributed by atoms with E-state index in [4.69, 9.17) is 11.6 Å². The number of anilines is 1. The Kier molecular flexibility index (Phi) is 4.35. The lowest BCUT2D eigenvalue weighted by atomic mass is 9.91. The standard InChI is InChI=1S/C15H13BrClNO2/c1-15(14(19)20,10-5-7-12(17)8-6-10)18-13-4-2-3-11(16)9-13/h2-9,18H,1H3,(H,19,20). The quantitative estimate of drug-likeness (QED) is 0.849. The van der Waals surface area contributed by atoms with Gasteiger partial charge in [0, 0.05) is 15.2 Å². The summed E-state index contributed by atoms with van der Waals surface area (Å²) in [6, 6.07) is 14.2. The average Bonchev–Trinajstić information content (AvgIpc) is 2.39. The maximum atomic E-state index is 11.7. The second-order valence-corrected chi connectivity index (χ2v) is 5.92. The van der Waals surface area contributed by atoms with Gasteiger partial charge in [0.15, 0.2) is 5.54 Å². The highest BCUT2D eigenvalue weighted by molar-refractivity contribution is 9.10. The summed E-state index contributed by atoms with van der Waals surface area (Å²) in [5.41, 5.74) is 0.124. The molecule has 0 radical (unpaired) electrons. The summed E-state index contributed by atoms with van der Waals surface area (Å²) in [5, 5.41) is 13.2. The molecule has 0 aliphatic rings. The predicted octanol–water partition coefficient (Wildman–Crippen LogP) is 4.51. The molecule has 0 heterocycles. The summed E-state index contributed by atoms with van der Waals surface area (Å²) in [6.45, 7) is 1.62. The monoisotopic (exact) mass is 353 g/mol. The SMILES string of the molecule is CC(Nc1cccc(Br)c1)(C(=O)O)c1ccc(Cl)cc1. The van der Waals surface area contributed by atoms with Crippen molar-refractivity contribution in [1.29, 1.82) is 0 Å². The van der Waals surface area contributed by atoms with Crippen LogP contribution < -0.4 is 5.32 Å². The minimum atomic E-state index is -1.23. The predicted molar refractivity (Wildman–Crippen MR) is 84.2 cm³/mol. The fourth-order valence-corrected chi connectivity index (χ4v) is 2.41. The van der Waals surface area contributed by atoms with Crippen molar-refractivity contribution >= 4 is 39.2 Å². The van der Waals surface area contributed by atoms with Gasteiger partial charge in [-0.2, -0.15) is 0 Å². The molecular formula is C15H13BrClNO2. The first-order valence-electron chi connectivity index (χ1n) is 5.95. The Morgan fingerprint density at radius 3 is 2.45 bits per heavy atom. The Bertz CT molecular complexity index is 630. The fourth-order valence-electron chi connectivity index (χ4n) is 1.89. The first-order valence-corrected chi connectivity index (χ1v) is 7.12. The van der Waals surface area contributed by atoms with Crippen molar-refractivity contribution in [3.8, 4) is 0 Å². The van der Waals surface area contributed by atoms with Crippen LogP contribution >= 0.6 is 27.5 Å². The molecule has 0 spiro atoms. The third kappa shape index (κ3) is 3.14. The minimum Gasteiger partial charge on any atom is -0.479 e. The van der Waals surface area contributed by atoms with E-state index in [0.717, 1.165) is 10.2 Å². The highest BCUT2D eigenvalue weighted by atomic mass is 79.9. The van der Waals surface area contributed by atoms with Crippen LogP contribution in [0.4, 0.5) is 5.69 Å². The summed E-state index contributed by atoms with van der Waals surface area (Å²) >= 11 is 9.22. The van der Waals surface area contributed by atoms with Gasteiger partial charge in [0.1, 0.15) is 0 Å². The Labute approximate surface area is 130 Å². The number of carbonyl (C=O) groups is 1. The molecule has 0 saturated heterocycles. The highest BCUT2D eigenvalue weighted by Crippen LogP contribution is 2.28. The first kappa shape index (κ1) is 14.9. The van der Waals surface area contributed by atoms with E-state index in [1.54, 1.807) is 31.2 Å². The lowest BCUT2D eigenvalue weighted by Crippen LogP contribution is -2.40. The van der Waals surface area contributed by atoms with Crippen LogP contribution in [-0.4, -0.2) is 11.1 Å². The Morgan fingerprint density at radius 1 is 1.25 bits per heavy atom. The molecule has 2 rings (SSSR count). The van der Waals surface area contributed by atoms with E-state index in [-0.39, 0.29) is 0 Å². The number of carboxylic acids is 1. The molecule has 0 saturated carbocycles. The number of rotatable bonds is 4. The van der Waals surface area contributed by atoms with Gasteiger partial charge in [-0.05, 0) is 42.8 Å². The number of hydrogen-bond acceptors (Lipinski definition) is 2. The van der Waals surface area contributed by atoms with Crippen molar-refractivity contribution in [3.63, 3.8) is 0 Å². The van der Waals surface area contributed by atoms with Crippen molar-refractivity contribution in [1.82, 2.24) is 0 Å². The molecule has 104 valence electrons. The van der Waals surface area contributed by atoms with Gasteiger partial charge in [0.05, 0.1) is 0 Å². The van der Waals surface area contributed by atoms with E-state index < -0.39 is 11.5 Å². The van der Waals surface area contributed by atoms with Crippen molar-refractivity contribution in [2.45, 2.75) is 12.5 Å². The molecule has 0 fully saturated rings. The second-order valence-electron chi connectivity index (χ2n) is 4.57. The Morgan fingerprint density at radius 2 is 1.90 bits per heavy atom. The van der Waals surface area contributed by atoms with Gasteiger partial charge in [0.25, 0.3) is 0 Å². The molecule has 2 aromatic rings. The van der Waals surface area contributed by atoms with E-state index >= 15 is 0 Å². The summed E-state index contributed by atoms with van der Waals surface area (Å²) in [7, 11) is 0. The van der Waals surface area contributed by atoms with Crippen LogP contribution in [0.5, 0.6) is 0 Å². The molecule has 1 atom stereocenters. The largest absolute Gasteiger partial charge is 0.479 e. The van der Waals surface area contributed by atoms with Gasteiger partial charge in [0.2, 0.25) is 0 Å². The van der Waals surface area contributed by atoms with E-state index in [9.17, 15) is 9.90 Å². The van der Waals surface area contributed by atoms with E-state index in [1.807, 2.05) is 24.3 Å². The molecule has 0 aromatic heterocycles.